The van der Waals surface area contributed by atoms with Gasteiger partial charge in [-0.25, -0.2) is 9.78 Å². The fourth-order valence-electron chi connectivity index (χ4n) is 2.18. The Balaban J connectivity index is 1.89. The average molecular weight is 355 g/mol. The minimum atomic E-state index is -0.355. The number of hydrogen-bond donors (Lipinski definition) is 0. The number of carbonyl (C=O) groups excluding carboxylic acids is 1. The van der Waals surface area contributed by atoms with Crippen LogP contribution in [0.15, 0.2) is 65.7 Å². The van der Waals surface area contributed by atoms with Crippen LogP contribution in [0.1, 0.15) is 22.3 Å². The van der Waals surface area contributed by atoms with E-state index in [0.717, 1.165) is 21.2 Å². The first kappa shape index (κ1) is 16.7. The number of ether oxygens (including phenoxy) is 1. The van der Waals surface area contributed by atoms with E-state index in [0.29, 0.717) is 11.6 Å². The zero-order valence-corrected chi connectivity index (χ0v) is 14.9. The molecule has 0 fully saturated rings. The van der Waals surface area contributed by atoms with E-state index in [1.807, 2.05) is 48.5 Å². The normalized spacial score (nSPS) is 10.5. The van der Waals surface area contributed by atoms with E-state index in [-0.39, 0.29) is 5.97 Å². The van der Waals surface area contributed by atoms with E-state index in [2.05, 4.69) is 17.1 Å². The molecule has 1 aromatic heterocycles. The molecule has 0 radical (unpaired) electrons. The van der Waals surface area contributed by atoms with E-state index >= 15 is 0 Å². The predicted molar refractivity (Wildman–Crippen MR) is 99.5 cm³/mol. The lowest BCUT2D eigenvalue weighted by atomic mass is 10.2. The summed E-state index contributed by atoms with van der Waals surface area (Å²) in [7, 11) is 0. The first-order valence-electron chi connectivity index (χ1n) is 7.68. The molecule has 0 aliphatic heterocycles. The van der Waals surface area contributed by atoms with Crippen molar-refractivity contribution in [1.29, 1.82) is 0 Å². The molecule has 0 spiro atoms. The number of benzene rings is 2. The van der Waals surface area contributed by atoms with Crippen molar-refractivity contribution in [3.8, 4) is 10.4 Å². The number of esters is 1. The third kappa shape index (κ3) is 4.04. The second kappa shape index (κ2) is 8.13. The zero-order valence-electron chi connectivity index (χ0n) is 13.3. The Kier molecular flexibility index (Phi) is 5.67. The van der Waals surface area contributed by atoms with Crippen LogP contribution in [0, 0.1) is 0 Å². The van der Waals surface area contributed by atoms with Crippen molar-refractivity contribution in [2.24, 2.45) is 0 Å². The molecule has 3 aromatic rings. The maximum atomic E-state index is 12.0. The largest absolute Gasteiger partial charge is 0.461 e. The molecule has 0 unspecified atom stereocenters. The van der Waals surface area contributed by atoms with Crippen molar-refractivity contribution in [3.63, 3.8) is 0 Å². The fraction of sp³-hybridized carbons (Fsp3) is 0.158. The smallest absolute Gasteiger partial charge is 0.367 e. The van der Waals surface area contributed by atoms with Crippen molar-refractivity contribution in [2.45, 2.75) is 17.7 Å². The molecule has 0 bridgehead atoms. The van der Waals surface area contributed by atoms with Crippen LogP contribution in [0.2, 0.25) is 0 Å². The van der Waals surface area contributed by atoms with E-state index in [4.69, 9.17) is 4.74 Å². The van der Waals surface area contributed by atoms with Crippen LogP contribution in [0.4, 0.5) is 0 Å². The standard InChI is InChI=1S/C19H17NO2S2/c1-2-22-19(21)18-20-17(23-13-14-9-5-3-6-10-14)16(24-18)15-11-7-4-8-12-15/h3-12H,2,13H2,1H3. The van der Waals surface area contributed by atoms with Crippen LogP contribution >= 0.6 is 23.1 Å². The summed E-state index contributed by atoms with van der Waals surface area (Å²) >= 11 is 3.03. The SMILES string of the molecule is CCOC(=O)c1nc(SCc2ccccc2)c(-c2ccccc2)s1. The molecular formula is C19H17NO2S2. The molecule has 5 heteroatoms. The molecule has 0 N–H and O–H groups in total. The third-order valence-corrected chi connectivity index (χ3v) is 5.56. The van der Waals surface area contributed by atoms with E-state index in [9.17, 15) is 4.79 Å². The van der Waals surface area contributed by atoms with Crippen molar-refractivity contribution in [1.82, 2.24) is 4.98 Å². The van der Waals surface area contributed by atoms with Crippen LogP contribution in [0.3, 0.4) is 0 Å². The zero-order chi connectivity index (χ0) is 16.8. The molecule has 24 heavy (non-hydrogen) atoms. The number of rotatable bonds is 6. The molecular weight excluding hydrogens is 338 g/mol. The Labute approximate surface area is 149 Å². The van der Waals surface area contributed by atoms with Gasteiger partial charge in [0.1, 0.15) is 5.03 Å². The summed E-state index contributed by atoms with van der Waals surface area (Å²) in [6.45, 7) is 2.15. The highest BCUT2D eigenvalue weighted by atomic mass is 32.2. The van der Waals surface area contributed by atoms with Crippen LogP contribution in [0.5, 0.6) is 0 Å². The first-order chi connectivity index (χ1) is 11.8. The van der Waals surface area contributed by atoms with Crippen LogP contribution in [-0.2, 0) is 10.5 Å². The van der Waals surface area contributed by atoms with Crippen LogP contribution < -0.4 is 0 Å². The molecule has 0 amide bonds. The minimum Gasteiger partial charge on any atom is -0.461 e. The Morgan fingerprint density at radius 3 is 2.42 bits per heavy atom. The van der Waals surface area contributed by atoms with Gasteiger partial charge in [-0.05, 0) is 18.1 Å². The molecule has 1 heterocycles. The van der Waals surface area contributed by atoms with E-state index < -0.39 is 0 Å². The van der Waals surface area contributed by atoms with Crippen LogP contribution in [0.25, 0.3) is 10.4 Å². The highest BCUT2D eigenvalue weighted by Gasteiger charge is 2.19. The van der Waals surface area contributed by atoms with Crippen molar-refractivity contribution in [3.05, 3.63) is 71.2 Å². The number of carbonyl (C=O) groups is 1. The monoisotopic (exact) mass is 355 g/mol. The maximum Gasteiger partial charge on any atom is 0.367 e. The maximum absolute atomic E-state index is 12.0. The van der Waals surface area contributed by atoms with Gasteiger partial charge in [0.15, 0.2) is 0 Å². The number of nitrogens with zero attached hydrogens (tertiary/aromatic N) is 1. The van der Waals surface area contributed by atoms with Gasteiger partial charge >= 0.3 is 5.97 Å². The van der Waals surface area contributed by atoms with Gasteiger partial charge in [0.25, 0.3) is 0 Å². The topological polar surface area (TPSA) is 39.2 Å². The summed E-state index contributed by atoms with van der Waals surface area (Å²) in [6.07, 6.45) is 0. The Bertz CT molecular complexity index is 801. The lowest BCUT2D eigenvalue weighted by molar-refractivity contribution is 0.0525. The molecule has 122 valence electrons. The lowest BCUT2D eigenvalue weighted by Crippen LogP contribution is -2.03. The van der Waals surface area contributed by atoms with Gasteiger partial charge in [-0.15, -0.1) is 23.1 Å². The van der Waals surface area contributed by atoms with Gasteiger partial charge in [0, 0.05) is 5.75 Å². The molecule has 0 aliphatic rings. The quantitative estimate of drug-likeness (QED) is 0.445. The van der Waals surface area contributed by atoms with Gasteiger partial charge in [0.2, 0.25) is 5.01 Å². The third-order valence-electron chi connectivity index (χ3n) is 3.30. The number of thioether (sulfide) groups is 1. The highest BCUT2D eigenvalue weighted by Crippen LogP contribution is 2.37. The summed E-state index contributed by atoms with van der Waals surface area (Å²) in [5, 5.41) is 1.28. The molecule has 0 saturated carbocycles. The van der Waals surface area contributed by atoms with Crippen LogP contribution in [-0.4, -0.2) is 17.6 Å². The first-order valence-corrected chi connectivity index (χ1v) is 9.48. The summed E-state index contributed by atoms with van der Waals surface area (Å²) in [4.78, 5) is 17.6. The molecule has 3 rings (SSSR count). The number of thiazole rings is 1. The fourth-order valence-corrected chi connectivity index (χ4v) is 4.30. The minimum absolute atomic E-state index is 0.353. The predicted octanol–water partition coefficient (Wildman–Crippen LogP) is 5.28. The Morgan fingerprint density at radius 2 is 1.75 bits per heavy atom. The van der Waals surface area contributed by atoms with Gasteiger partial charge in [-0.3, -0.25) is 0 Å². The number of hydrogen-bond acceptors (Lipinski definition) is 5. The lowest BCUT2D eigenvalue weighted by Gasteiger charge is -2.02. The number of aromatic nitrogens is 1. The van der Waals surface area contributed by atoms with E-state index in [1.54, 1.807) is 18.7 Å². The molecule has 2 aromatic carbocycles. The Morgan fingerprint density at radius 1 is 1.08 bits per heavy atom. The second-order valence-electron chi connectivity index (χ2n) is 5.01. The van der Waals surface area contributed by atoms with Gasteiger partial charge in [-0.1, -0.05) is 60.7 Å². The summed E-state index contributed by atoms with van der Waals surface area (Å²) in [6, 6.07) is 20.3. The Hall–Kier alpha value is -2.11. The average Bonchev–Trinajstić information content (AvgIpc) is 3.06. The van der Waals surface area contributed by atoms with Gasteiger partial charge in [0.05, 0.1) is 11.5 Å². The second-order valence-corrected chi connectivity index (χ2v) is 6.98. The summed E-state index contributed by atoms with van der Waals surface area (Å²) in [5.74, 6) is 0.457. The summed E-state index contributed by atoms with van der Waals surface area (Å²) < 4.78 is 5.09. The van der Waals surface area contributed by atoms with Crippen molar-refractivity contribution >= 4 is 29.1 Å². The molecule has 0 aliphatic carbocycles. The van der Waals surface area contributed by atoms with Crippen molar-refractivity contribution < 1.29 is 9.53 Å². The van der Waals surface area contributed by atoms with E-state index in [1.165, 1.54) is 16.9 Å². The molecule has 0 saturated heterocycles. The highest BCUT2D eigenvalue weighted by molar-refractivity contribution is 7.98. The summed E-state index contributed by atoms with van der Waals surface area (Å²) in [5.41, 5.74) is 2.30. The van der Waals surface area contributed by atoms with Crippen molar-refractivity contribution in [2.75, 3.05) is 6.61 Å². The molecule has 3 nitrogen and oxygen atoms in total. The van der Waals surface area contributed by atoms with Gasteiger partial charge in [-0.2, -0.15) is 0 Å². The molecule has 0 atom stereocenters. The van der Waals surface area contributed by atoms with Gasteiger partial charge < -0.3 is 4.74 Å².